The summed E-state index contributed by atoms with van der Waals surface area (Å²) < 4.78 is 0. The predicted molar refractivity (Wildman–Crippen MR) is 99.7 cm³/mol. The summed E-state index contributed by atoms with van der Waals surface area (Å²) in [5.41, 5.74) is 3.15. The molecule has 3 aliphatic heterocycles. The van der Waals surface area contributed by atoms with Crippen molar-refractivity contribution in [2.75, 3.05) is 19.6 Å². The monoisotopic (exact) mass is 347 g/mol. The summed E-state index contributed by atoms with van der Waals surface area (Å²) in [7, 11) is 0. The maximum atomic E-state index is 12.8. The summed E-state index contributed by atoms with van der Waals surface area (Å²) in [5.74, 6) is 0.563. The summed E-state index contributed by atoms with van der Waals surface area (Å²) >= 11 is 0. The minimum Gasteiger partial charge on any atom is -0.348 e. The number of nitrogens with one attached hydrogen (secondary N) is 2. The Bertz CT molecular complexity index is 943. The zero-order valence-electron chi connectivity index (χ0n) is 14.5. The molecular weight excluding hydrogens is 326 g/mol. The van der Waals surface area contributed by atoms with Gasteiger partial charge in [0.25, 0.3) is 5.91 Å². The van der Waals surface area contributed by atoms with Crippen molar-refractivity contribution in [3.63, 3.8) is 0 Å². The van der Waals surface area contributed by atoms with Crippen LogP contribution in [0.5, 0.6) is 0 Å². The Morgan fingerprint density at radius 3 is 2.73 bits per heavy atom. The topological polar surface area (TPSA) is 73.9 Å². The minimum atomic E-state index is -0.0432. The molecule has 2 bridgehead atoms. The van der Waals surface area contributed by atoms with E-state index in [0.717, 1.165) is 23.2 Å². The van der Waals surface area contributed by atoms with Gasteiger partial charge in [0.15, 0.2) is 5.65 Å². The van der Waals surface area contributed by atoms with Crippen molar-refractivity contribution in [1.29, 1.82) is 0 Å². The van der Waals surface area contributed by atoms with Crippen molar-refractivity contribution in [3.8, 4) is 11.3 Å². The molecule has 6 nitrogen and oxygen atoms in total. The molecule has 6 rings (SSSR count). The van der Waals surface area contributed by atoms with Crippen molar-refractivity contribution in [2.24, 2.45) is 5.92 Å². The van der Waals surface area contributed by atoms with Crippen LogP contribution in [0.2, 0.25) is 0 Å². The van der Waals surface area contributed by atoms with Crippen LogP contribution in [-0.4, -0.2) is 51.7 Å². The van der Waals surface area contributed by atoms with Gasteiger partial charge in [0.2, 0.25) is 0 Å². The molecule has 5 heterocycles. The van der Waals surface area contributed by atoms with Gasteiger partial charge in [-0.2, -0.15) is 5.10 Å². The number of nitrogens with zero attached hydrogens (tertiary/aromatic N) is 3. The third-order valence-electron chi connectivity index (χ3n) is 5.71. The molecule has 0 aliphatic carbocycles. The number of pyridine rings is 1. The number of carbonyl (C=O) groups is 1. The highest BCUT2D eigenvalue weighted by Gasteiger charge is 2.35. The predicted octanol–water partition coefficient (Wildman–Crippen LogP) is 2.45. The molecule has 3 aromatic rings. The molecule has 6 heteroatoms. The largest absolute Gasteiger partial charge is 0.348 e. The third-order valence-corrected chi connectivity index (χ3v) is 5.71. The number of hydrogen-bond donors (Lipinski definition) is 2. The van der Waals surface area contributed by atoms with Gasteiger partial charge in [0.1, 0.15) is 0 Å². The molecule has 1 aromatic carbocycles. The number of piperidine rings is 3. The van der Waals surface area contributed by atoms with Gasteiger partial charge in [-0.1, -0.05) is 30.3 Å². The number of carbonyl (C=O) groups excluding carboxylic acids is 1. The fraction of sp³-hybridized carbons (Fsp3) is 0.350. The smallest absolute Gasteiger partial charge is 0.253 e. The number of aromatic amines is 1. The van der Waals surface area contributed by atoms with Gasteiger partial charge >= 0.3 is 0 Å². The Kier molecular flexibility index (Phi) is 3.71. The first-order valence-electron chi connectivity index (χ1n) is 9.21. The number of rotatable bonds is 3. The van der Waals surface area contributed by atoms with Crippen LogP contribution in [-0.2, 0) is 0 Å². The Balaban J connectivity index is 1.43. The Morgan fingerprint density at radius 1 is 1.19 bits per heavy atom. The maximum absolute atomic E-state index is 12.8. The summed E-state index contributed by atoms with van der Waals surface area (Å²) in [6, 6.07) is 12.1. The molecule has 3 saturated heterocycles. The van der Waals surface area contributed by atoms with Crippen LogP contribution >= 0.6 is 0 Å². The quantitative estimate of drug-likeness (QED) is 0.763. The summed E-state index contributed by atoms with van der Waals surface area (Å²) in [6.45, 7) is 3.30. The van der Waals surface area contributed by atoms with Crippen molar-refractivity contribution in [3.05, 3.63) is 48.2 Å². The van der Waals surface area contributed by atoms with Gasteiger partial charge in [0, 0.05) is 29.7 Å². The van der Waals surface area contributed by atoms with Crippen LogP contribution in [0.3, 0.4) is 0 Å². The number of aromatic nitrogens is 3. The van der Waals surface area contributed by atoms with Crippen LogP contribution < -0.4 is 5.32 Å². The zero-order valence-corrected chi connectivity index (χ0v) is 14.5. The summed E-state index contributed by atoms with van der Waals surface area (Å²) in [6.07, 6.45) is 3.99. The van der Waals surface area contributed by atoms with Crippen LogP contribution in [0.1, 0.15) is 23.2 Å². The van der Waals surface area contributed by atoms with Gasteiger partial charge in [-0.15, -0.1) is 0 Å². The number of amides is 1. The molecule has 0 spiro atoms. The lowest BCUT2D eigenvalue weighted by Gasteiger charge is -2.44. The lowest BCUT2D eigenvalue weighted by atomic mass is 9.84. The molecule has 1 amide bonds. The van der Waals surface area contributed by atoms with Crippen LogP contribution in [0, 0.1) is 5.92 Å². The standard InChI is InChI=1S/C20H21N5O/c26-20(22-17-12-25-8-6-13(17)7-9-25)15-10-16-18(14-4-2-1-3-5-14)23-24-19(16)21-11-15/h1-5,10-11,13,17H,6-9,12H2,(H,22,26)(H,21,23,24). The number of H-pyrrole nitrogens is 1. The average molecular weight is 347 g/mol. The van der Waals surface area contributed by atoms with Crippen molar-refractivity contribution >= 4 is 16.9 Å². The van der Waals surface area contributed by atoms with E-state index in [9.17, 15) is 4.79 Å². The fourth-order valence-electron chi connectivity index (χ4n) is 4.23. The Labute approximate surface area is 151 Å². The van der Waals surface area contributed by atoms with E-state index in [1.54, 1.807) is 6.20 Å². The molecule has 1 unspecified atom stereocenters. The third kappa shape index (κ3) is 2.66. The molecule has 3 aliphatic rings. The van der Waals surface area contributed by atoms with Crippen molar-refractivity contribution < 1.29 is 4.79 Å². The van der Waals surface area contributed by atoms with E-state index in [1.807, 2.05) is 36.4 Å². The number of hydrogen-bond acceptors (Lipinski definition) is 4. The SMILES string of the molecule is O=C(NC1CN2CCC1CC2)c1cnc2n[nH]c(-c3ccccc3)c2c1. The molecule has 2 aromatic heterocycles. The highest BCUT2D eigenvalue weighted by atomic mass is 16.1. The highest BCUT2D eigenvalue weighted by molar-refractivity contribution is 6.00. The van der Waals surface area contributed by atoms with Gasteiger partial charge in [-0.3, -0.25) is 9.89 Å². The molecule has 132 valence electrons. The van der Waals surface area contributed by atoms with Gasteiger partial charge < -0.3 is 10.2 Å². The second kappa shape index (κ2) is 6.21. The second-order valence-corrected chi connectivity index (χ2v) is 7.28. The lowest BCUT2D eigenvalue weighted by molar-refractivity contribution is 0.0620. The van der Waals surface area contributed by atoms with Crippen LogP contribution in [0.15, 0.2) is 42.6 Å². The fourth-order valence-corrected chi connectivity index (χ4v) is 4.23. The van der Waals surface area contributed by atoms with E-state index < -0.39 is 0 Å². The molecule has 1 atom stereocenters. The normalized spacial score (nSPS) is 24.7. The van der Waals surface area contributed by atoms with E-state index in [0.29, 0.717) is 17.1 Å². The molecule has 2 N–H and O–H groups in total. The first-order valence-corrected chi connectivity index (χ1v) is 9.21. The molecule has 0 radical (unpaired) electrons. The van der Waals surface area contributed by atoms with Gasteiger partial charge in [-0.05, 0) is 37.9 Å². The van der Waals surface area contributed by atoms with E-state index in [2.05, 4.69) is 25.4 Å². The van der Waals surface area contributed by atoms with E-state index in [4.69, 9.17) is 0 Å². The number of benzene rings is 1. The first-order chi connectivity index (χ1) is 12.8. The van der Waals surface area contributed by atoms with E-state index in [-0.39, 0.29) is 11.9 Å². The first kappa shape index (κ1) is 15.5. The van der Waals surface area contributed by atoms with E-state index >= 15 is 0 Å². The van der Waals surface area contributed by atoms with Gasteiger partial charge in [-0.25, -0.2) is 4.98 Å². The zero-order chi connectivity index (χ0) is 17.5. The van der Waals surface area contributed by atoms with Crippen molar-refractivity contribution in [1.82, 2.24) is 25.4 Å². The van der Waals surface area contributed by atoms with Crippen LogP contribution in [0.4, 0.5) is 0 Å². The molecule has 3 fully saturated rings. The van der Waals surface area contributed by atoms with Crippen LogP contribution in [0.25, 0.3) is 22.3 Å². The Morgan fingerprint density at radius 2 is 2.00 bits per heavy atom. The van der Waals surface area contributed by atoms with E-state index in [1.165, 1.54) is 25.9 Å². The molecule has 26 heavy (non-hydrogen) atoms. The average Bonchev–Trinajstić information content (AvgIpc) is 3.13. The Hall–Kier alpha value is -2.73. The molecule has 0 saturated carbocycles. The number of fused-ring (bicyclic) bond motifs is 4. The second-order valence-electron chi connectivity index (χ2n) is 7.28. The summed E-state index contributed by atoms with van der Waals surface area (Å²) in [4.78, 5) is 19.6. The van der Waals surface area contributed by atoms with Gasteiger partial charge in [0.05, 0.1) is 11.3 Å². The maximum Gasteiger partial charge on any atom is 0.253 e. The lowest BCUT2D eigenvalue weighted by Crippen LogP contribution is -2.57. The summed E-state index contributed by atoms with van der Waals surface area (Å²) in [5, 5.41) is 11.4. The van der Waals surface area contributed by atoms with Crippen molar-refractivity contribution in [2.45, 2.75) is 18.9 Å². The molecular formula is C20H21N5O. The minimum absolute atomic E-state index is 0.0432. The highest BCUT2D eigenvalue weighted by Crippen LogP contribution is 2.28.